The van der Waals surface area contributed by atoms with Crippen LogP contribution < -0.4 is 10.2 Å². The molecule has 6 heteroatoms. The Morgan fingerprint density at radius 3 is 2.52 bits per heavy atom. The van der Waals surface area contributed by atoms with Crippen LogP contribution in [0.25, 0.3) is 10.9 Å². The van der Waals surface area contributed by atoms with Gasteiger partial charge in [-0.1, -0.05) is 0 Å². The molecule has 0 radical (unpaired) electrons. The summed E-state index contributed by atoms with van der Waals surface area (Å²) in [6.07, 6.45) is 1.97. The number of halogens is 2. The van der Waals surface area contributed by atoms with E-state index in [1.54, 1.807) is 12.1 Å². The van der Waals surface area contributed by atoms with E-state index >= 15 is 0 Å². The van der Waals surface area contributed by atoms with Crippen molar-refractivity contribution in [3.63, 3.8) is 0 Å². The zero-order chi connectivity index (χ0) is 15.0. The Bertz CT molecular complexity index is 792. The first-order valence-corrected chi connectivity index (χ1v) is 7.82. The molecule has 3 rings (SSSR count). The maximum Gasteiger partial charge on any atom is 0.155 e. The van der Waals surface area contributed by atoms with Crippen molar-refractivity contribution in [2.45, 2.75) is 6.92 Å². The van der Waals surface area contributed by atoms with Crippen molar-refractivity contribution >= 4 is 48.5 Å². The maximum atomic E-state index is 8.96. The summed E-state index contributed by atoms with van der Waals surface area (Å²) in [6.45, 7) is 2.05. The molecule has 0 aliphatic carbocycles. The maximum absolute atomic E-state index is 8.96. The average molecular weight is 412 g/mol. The number of aromatic amines is 1. The Morgan fingerprint density at radius 2 is 1.86 bits per heavy atom. The number of benzene rings is 2. The van der Waals surface area contributed by atoms with Gasteiger partial charge in [-0.3, -0.25) is 10.7 Å². The van der Waals surface area contributed by atoms with Gasteiger partial charge in [0.15, 0.2) is 5.75 Å². The van der Waals surface area contributed by atoms with Gasteiger partial charge in [0.1, 0.15) is 5.75 Å². The standard InChI is InChI=1S/C15H12Br2N2O2/c1-8-7-18-14-3-2-10(6-11(8)14)21-15-12(16)4-9(19-20)5-13(15)17/h2-7,18-20H,1H3. The monoisotopic (exact) mass is 410 g/mol. The summed E-state index contributed by atoms with van der Waals surface area (Å²) in [5, 5.41) is 10.1. The number of nitrogens with one attached hydrogen (secondary N) is 2. The number of hydrogen-bond donors (Lipinski definition) is 3. The minimum absolute atomic E-state index is 0.568. The molecule has 0 bridgehead atoms. The van der Waals surface area contributed by atoms with Crippen LogP contribution >= 0.6 is 31.9 Å². The average Bonchev–Trinajstić information content (AvgIpc) is 2.84. The summed E-state index contributed by atoms with van der Waals surface area (Å²) in [7, 11) is 0. The van der Waals surface area contributed by atoms with Crippen molar-refractivity contribution in [1.29, 1.82) is 0 Å². The summed E-state index contributed by atoms with van der Waals surface area (Å²) in [6, 6.07) is 9.37. The predicted molar refractivity (Wildman–Crippen MR) is 90.4 cm³/mol. The lowest BCUT2D eigenvalue weighted by Crippen LogP contribution is -1.92. The van der Waals surface area contributed by atoms with Crippen LogP contribution in [0.3, 0.4) is 0 Å². The smallest absolute Gasteiger partial charge is 0.155 e. The first-order chi connectivity index (χ1) is 10.1. The number of H-pyrrole nitrogens is 1. The highest BCUT2D eigenvalue weighted by atomic mass is 79.9. The fraction of sp³-hybridized carbons (Fsp3) is 0.0667. The summed E-state index contributed by atoms with van der Waals surface area (Å²) < 4.78 is 7.43. The molecule has 0 aliphatic rings. The van der Waals surface area contributed by atoms with Crippen molar-refractivity contribution in [2.24, 2.45) is 0 Å². The van der Waals surface area contributed by atoms with E-state index in [-0.39, 0.29) is 0 Å². The minimum Gasteiger partial charge on any atom is -0.455 e. The third-order valence-electron chi connectivity index (χ3n) is 3.21. The van der Waals surface area contributed by atoms with Crippen LogP contribution in [0, 0.1) is 6.92 Å². The zero-order valence-electron chi connectivity index (χ0n) is 11.1. The number of rotatable bonds is 3. The van der Waals surface area contributed by atoms with Crippen molar-refractivity contribution < 1.29 is 9.94 Å². The normalized spacial score (nSPS) is 10.9. The molecule has 0 amide bonds. The van der Waals surface area contributed by atoms with Crippen LogP contribution in [-0.4, -0.2) is 10.2 Å². The molecule has 3 N–H and O–H groups in total. The Kier molecular flexibility index (Phi) is 3.93. The second-order valence-electron chi connectivity index (χ2n) is 4.66. The minimum atomic E-state index is 0.568. The number of ether oxygens (including phenoxy) is 1. The number of aromatic nitrogens is 1. The van der Waals surface area contributed by atoms with Crippen LogP contribution in [0.5, 0.6) is 11.5 Å². The molecule has 0 spiro atoms. The molecule has 21 heavy (non-hydrogen) atoms. The summed E-state index contributed by atoms with van der Waals surface area (Å²) >= 11 is 6.88. The Balaban J connectivity index is 2.00. The first-order valence-electron chi connectivity index (χ1n) is 6.23. The molecule has 0 atom stereocenters. The van der Waals surface area contributed by atoms with Crippen molar-refractivity contribution in [3.8, 4) is 11.5 Å². The van der Waals surface area contributed by atoms with Gasteiger partial charge in [-0.15, -0.1) is 0 Å². The van der Waals surface area contributed by atoms with E-state index < -0.39 is 0 Å². The Morgan fingerprint density at radius 1 is 1.14 bits per heavy atom. The fourth-order valence-corrected chi connectivity index (χ4v) is 3.49. The highest BCUT2D eigenvalue weighted by Crippen LogP contribution is 2.39. The van der Waals surface area contributed by atoms with Crippen LogP contribution in [0.1, 0.15) is 5.56 Å². The molecule has 108 valence electrons. The number of fused-ring (bicyclic) bond motifs is 1. The summed E-state index contributed by atoms with van der Waals surface area (Å²) in [5.41, 5.74) is 4.93. The van der Waals surface area contributed by atoms with Gasteiger partial charge in [0, 0.05) is 17.1 Å². The zero-order valence-corrected chi connectivity index (χ0v) is 14.2. The molecule has 2 aromatic carbocycles. The molecule has 0 fully saturated rings. The largest absolute Gasteiger partial charge is 0.455 e. The topological polar surface area (TPSA) is 57.3 Å². The molecule has 1 aromatic heterocycles. The van der Waals surface area contributed by atoms with Crippen molar-refractivity contribution in [1.82, 2.24) is 4.98 Å². The van der Waals surface area contributed by atoms with Gasteiger partial charge < -0.3 is 9.72 Å². The van der Waals surface area contributed by atoms with Crippen molar-refractivity contribution in [2.75, 3.05) is 5.48 Å². The molecular weight excluding hydrogens is 400 g/mol. The van der Waals surface area contributed by atoms with Crippen LogP contribution in [-0.2, 0) is 0 Å². The lowest BCUT2D eigenvalue weighted by atomic mass is 10.2. The first kappa shape index (κ1) is 14.4. The van der Waals surface area contributed by atoms with E-state index in [4.69, 9.17) is 9.94 Å². The molecule has 0 saturated heterocycles. The predicted octanol–water partition coefficient (Wildman–Crippen LogP) is 5.59. The quantitative estimate of drug-likeness (QED) is 0.492. The van der Waals surface area contributed by atoms with Gasteiger partial charge in [-0.2, -0.15) is 0 Å². The Hall–Kier alpha value is -1.50. The lowest BCUT2D eigenvalue weighted by Gasteiger charge is -2.12. The van der Waals surface area contributed by atoms with Gasteiger partial charge in [0.2, 0.25) is 0 Å². The number of aryl methyl sites for hydroxylation is 1. The van der Waals surface area contributed by atoms with Gasteiger partial charge in [0.25, 0.3) is 0 Å². The third-order valence-corrected chi connectivity index (χ3v) is 4.39. The molecule has 4 nitrogen and oxygen atoms in total. The number of hydrogen-bond acceptors (Lipinski definition) is 3. The second kappa shape index (κ2) is 5.71. The van der Waals surface area contributed by atoms with E-state index in [2.05, 4.69) is 49.2 Å². The van der Waals surface area contributed by atoms with E-state index in [9.17, 15) is 0 Å². The van der Waals surface area contributed by atoms with E-state index in [0.29, 0.717) is 11.4 Å². The highest BCUT2D eigenvalue weighted by molar-refractivity contribution is 9.11. The van der Waals surface area contributed by atoms with Crippen LogP contribution in [0.15, 0.2) is 45.5 Å². The molecule has 3 aromatic rings. The Labute approximate surface area is 138 Å². The van der Waals surface area contributed by atoms with E-state index in [0.717, 1.165) is 25.6 Å². The molecule has 0 saturated carbocycles. The van der Waals surface area contributed by atoms with E-state index in [1.807, 2.05) is 24.4 Å². The van der Waals surface area contributed by atoms with Crippen LogP contribution in [0.2, 0.25) is 0 Å². The van der Waals surface area contributed by atoms with Gasteiger partial charge in [-0.05, 0) is 74.7 Å². The van der Waals surface area contributed by atoms with Crippen molar-refractivity contribution in [3.05, 3.63) is 51.0 Å². The molecule has 1 heterocycles. The lowest BCUT2D eigenvalue weighted by molar-refractivity contribution is 0.388. The summed E-state index contributed by atoms with van der Waals surface area (Å²) in [4.78, 5) is 3.21. The van der Waals surface area contributed by atoms with Gasteiger partial charge in [-0.25, -0.2) is 0 Å². The highest BCUT2D eigenvalue weighted by Gasteiger charge is 2.11. The van der Waals surface area contributed by atoms with Gasteiger partial charge in [0.05, 0.1) is 14.6 Å². The van der Waals surface area contributed by atoms with Gasteiger partial charge >= 0.3 is 0 Å². The van der Waals surface area contributed by atoms with E-state index in [1.165, 1.54) is 5.56 Å². The number of anilines is 1. The third kappa shape index (κ3) is 2.79. The summed E-state index contributed by atoms with van der Waals surface area (Å²) in [5.74, 6) is 1.40. The molecule has 0 unspecified atom stereocenters. The second-order valence-corrected chi connectivity index (χ2v) is 6.37. The SMILES string of the molecule is Cc1c[nH]c2ccc(Oc3c(Br)cc(NO)cc3Br)cc12. The van der Waals surface area contributed by atoms with Crippen LogP contribution in [0.4, 0.5) is 5.69 Å². The molecular formula is C15H12Br2N2O2. The molecule has 0 aliphatic heterocycles. The fourth-order valence-electron chi connectivity index (χ4n) is 2.14.